The number of nitrogens with one attached hydrogen (secondary N) is 1. The van der Waals surface area contributed by atoms with E-state index in [1.165, 1.54) is 44.5 Å². The number of nitrogens with zero attached hydrogens (tertiary/aromatic N) is 2. The molecule has 1 unspecified atom stereocenters. The maximum atomic E-state index is 4.36. The molecule has 0 radical (unpaired) electrons. The van der Waals surface area contributed by atoms with E-state index in [1.807, 2.05) is 12.3 Å². The van der Waals surface area contributed by atoms with Crippen molar-refractivity contribution in [3.8, 4) is 0 Å². The predicted molar refractivity (Wildman–Crippen MR) is 75.7 cm³/mol. The molecule has 1 aliphatic rings. The van der Waals surface area contributed by atoms with Gasteiger partial charge in [-0.25, -0.2) is 0 Å². The first-order valence-corrected chi connectivity index (χ1v) is 7.16. The summed E-state index contributed by atoms with van der Waals surface area (Å²) in [4.78, 5) is 6.78. The second-order valence-corrected chi connectivity index (χ2v) is 5.31. The van der Waals surface area contributed by atoms with Crippen LogP contribution in [-0.4, -0.2) is 42.6 Å². The van der Waals surface area contributed by atoms with Crippen molar-refractivity contribution >= 4 is 0 Å². The molecule has 0 spiro atoms. The van der Waals surface area contributed by atoms with E-state index in [1.54, 1.807) is 0 Å². The van der Waals surface area contributed by atoms with Crippen LogP contribution in [0.25, 0.3) is 0 Å². The van der Waals surface area contributed by atoms with Gasteiger partial charge < -0.3 is 10.2 Å². The number of hydrogen-bond acceptors (Lipinski definition) is 3. The van der Waals surface area contributed by atoms with E-state index in [4.69, 9.17) is 0 Å². The first-order chi connectivity index (χ1) is 8.84. The Balaban J connectivity index is 1.61. The lowest BCUT2D eigenvalue weighted by molar-refractivity contribution is 0.289. The number of piperidine rings is 1. The third-order valence-electron chi connectivity index (χ3n) is 3.75. The Morgan fingerprint density at radius 1 is 1.33 bits per heavy atom. The van der Waals surface area contributed by atoms with Gasteiger partial charge in [-0.15, -0.1) is 0 Å². The van der Waals surface area contributed by atoms with E-state index < -0.39 is 0 Å². The van der Waals surface area contributed by atoms with Crippen molar-refractivity contribution in [2.24, 2.45) is 0 Å². The summed E-state index contributed by atoms with van der Waals surface area (Å²) in [5.41, 5.74) is 1.19. The Bertz CT molecular complexity index is 320. The number of rotatable bonds is 6. The molecule has 0 saturated carbocycles. The van der Waals surface area contributed by atoms with E-state index in [9.17, 15) is 0 Å². The normalized spacial score (nSPS) is 20.2. The van der Waals surface area contributed by atoms with Gasteiger partial charge in [0.2, 0.25) is 0 Å². The van der Waals surface area contributed by atoms with Gasteiger partial charge in [0.25, 0.3) is 0 Å². The fraction of sp³-hybridized carbons (Fsp3) is 0.667. The number of likely N-dealkylation sites (N-methyl/N-ethyl adjacent to an activating group) is 1. The standard InChI is InChI=1S/C15H25N3/c1-18(12-8-14-6-2-4-10-16-14)13-9-15-7-3-5-11-17-15/h2,4,6,10,15,17H,3,5,7-9,11-13H2,1H3. The minimum absolute atomic E-state index is 0.746. The minimum Gasteiger partial charge on any atom is -0.314 e. The summed E-state index contributed by atoms with van der Waals surface area (Å²) in [6.45, 7) is 3.50. The van der Waals surface area contributed by atoms with Gasteiger partial charge in [-0.2, -0.15) is 0 Å². The highest BCUT2D eigenvalue weighted by Crippen LogP contribution is 2.10. The maximum Gasteiger partial charge on any atom is 0.0416 e. The van der Waals surface area contributed by atoms with Crippen LogP contribution < -0.4 is 5.32 Å². The number of pyridine rings is 1. The molecule has 2 rings (SSSR count). The zero-order chi connectivity index (χ0) is 12.6. The average molecular weight is 247 g/mol. The molecule has 1 aliphatic heterocycles. The zero-order valence-electron chi connectivity index (χ0n) is 11.4. The monoisotopic (exact) mass is 247 g/mol. The molecule has 3 nitrogen and oxygen atoms in total. The van der Waals surface area contributed by atoms with Gasteiger partial charge in [-0.1, -0.05) is 12.5 Å². The zero-order valence-corrected chi connectivity index (χ0v) is 11.4. The summed E-state index contributed by atoms with van der Waals surface area (Å²) in [6, 6.07) is 6.89. The minimum atomic E-state index is 0.746. The Morgan fingerprint density at radius 3 is 3.00 bits per heavy atom. The first kappa shape index (κ1) is 13.5. The average Bonchev–Trinajstić information content (AvgIpc) is 2.45. The summed E-state index contributed by atoms with van der Waals surface area (Å²) in [7, 11) is 2.21. The van der Waals surface area contributed by atoms with Gasteiger partial charge >= 0.3 is 0 Å². The fourth-order valence-electron chi connectivity index (χ4n) is 2.51. The first-order valence-electron chi connectivity index (χ1n) is 7.16. The fourth-order valence-corrected chi connectivity index (χ4v) is 2.51. The molecule has 1 N–H and O–H groups in total. The predicted octanol–water partition coefficient (Wildman–Crippen LogP) is 2.09. The van der Waals surface area contributed by atoms with Crippen molar-refractivity contribution in [2.75, 3.05) is 26.7 Å². The summed E-state index contributed by atoms with van der Waals surface area (Å²) in [5, 5.41) is 3.61. The lowest BCUT2D eigenvalue weighted by Gasteiger charge is -2.25. The van der Waals surface area contributed by atoms with Crippen molar-refractivity contribution in [1.29, 1.82) is 0 Å². The second kappa shape index (κ2) is 7.49. The quantitative estimate of drug-likeness (QED) is 0.834. The van der Waals surface area contributed by atoms with Gasteiger partial charge in [-0.3, -0.25) is 4.98 Å². The van der Waals surface area contributed by atoms with Crippen molar-refractivity contribution < 1.29 is 0 Å². The molecule has 2 heterocycles. The van der Waals surface area contributed by atoms with Gasteiger partial charge in [0.1, 0.15) is 0 Å². The molecule has 1 fully saturated rings. The smallest absolute Gasteiger partial charge is 0.0416 e. The SMILES string of the molecule is CN(CCc1ccccn1)CCC1CCCCN1. The maximum absolute atomic E-state index is 4.36. The molecule has 0 aliphatic carbocycles. The van der Waals surface area contributed by atoms with Crippen molar-refractivity contribution in [3.63, 3.8) is 0 Å². The Kier molecular flexibility index (Phi) is 5.62. The number of hydrogen-bond donors (Lipinski definition) is 1. The van der Waals surface area contributed by atoms with Crippen LogP contribution in [0.4, 0.5) is 0 Å². The number of aromatic nitrogens is 1. The van der Waals surface area contributed by atoms with Crippen molar-refractivity contribution in [3.05, 3.63) is 30.1 Å². The topological polar surface area (TPSA) is 28.2 Å². The van der Waals surface area contributed by atoms with E-state index in [-0.39, 0.29) is 0 Å². The Hall–Kier alpha value is -0.930. The van der Waals surface area contributed by atoms with Crippen molar-refractivity contribution in [1.82, 2.24) is 15.2 Å². The highest BCUT2D eigenvalue weighted by atomic mass is 15.1. The van der Waals surface area contributed by atoms with Gasteiger partial charge in [-0.05, 0) is 51.5 Å². The third kappa shape index (κ3) is 4.75. The van der Waals surface area contributed by atoms with Crippen LogP contribution in [0.15, 0.2) is 24.4 Å². The van der Waals surface area contributed by atoms with Gasteiger partial charge in [0, 0.05) is 30.9 Å². The summed E-state index contributed by atoms with van der Waals surface area (Å²) < 4.78 is 0. The largest absolute Gasteiger partial charge is 0.314 e. The van der Waals surface area contributed by atoms with Crippen LogP contribution in [0.2, 0.25) is 0 Å². The van der Waals surface area contributed by atoms with Crippen LogP contribution in [0, 0.1) is 0 Å². The molecule has 1 saturated heterocycles. The van der Waals surface area contributed by atoms with Crippen LogP contribution in [0.1, 0.15) is 31.4 Å². The van der Waals surface area contributed by atoms with E-state index in [0.717, 1.165) is 19.0 Å². The second-order valence-electron chi connectivity index (χ2n) is 5.31. The molecule has 0 aromatic carbocycles. The molecule has 3 heteroatoms. The Morgan fingerprint density at radius 2 is 2.28 bits per heavy atom. The van der Waals surface area contributed by atoms with Gasteiger partial charge in [0.05, 0.1) is 0 Å². The van der Waals surface area contributed by atoms with E-state index in [0.29, 0.717) is 0 Å². The molecule has 1 atom stereocenters. The highest BCUT2D eigenvalue weighted by molar-refractivity contribution is 5.03. The van der Waals surface area contributed by atoms with Crippen LogP contribution in [0.3, 0.4) is 0 Å². The lowest BCUT2D eigenvalue weighted by Crippen LogP contribution is -2.37. The molecule has 18 heavy (non-hydrogen) atoms. The summed E-state index contributed by atoms with van der Waals surface area (Å²) >= 11 is 0. The molecule has 100 valence electrons. The van der Waals surface area contributed by atoms with Crippen LogP contribution in [-0.2, 0) is 6.42 Å². The molecule has 0 amide bonds. The molecule has 0 bridgehead atoms. The molecular weight excluding hydrogens is 222 g/mol. The Labute approximate surface area is 111 Å². The van der Waals surface area contributed by atoms with E-state index >= 15 is 0 Å². The summed E-state index contributed by atoms with van der Waals surface area (Å²) in [5.74, 6) is 0. The molecule has 1 aromatic rings. The van der Waals surface area contributed by atoms with Gasteiger partial charge in [0.15, 0.2) is 0 Å². The summed E-state index contributed by atoms with van der Waals surface area (Å²) in [6.07, 6.45) is 8.31. The van der Waals surface area contributed by atoms with Crippen molar-refractivity contribution in [2.45, 2.75) is 38.1 Å². The van der Waals surface area contributed by atoms with E-state index in [2.05, 4.69) is 34.4 Å². The highest BCUT2D eigenvalue weighted by Gasteiger charge is 2.12. The lowest BCUT2D eigenvalue weighted by atomic mass is 10.0. The molecular formula is C15H25N3. The van der Waals surface area contributed by atoms with Crippen LogP contribution in [0.5, 0.6) is 0 Å². The van der Waals surface area contributed by atoms with Crippen LogP contribution >= 0.6 is 0 Å². The third-order valence-corrected chi connectivity index (χ3v) is 3.75. The molecule has 1 aromatic heterocycles.